The Morgan fingerprint density at radius 3 is 2.48 bits per heavy atom. The minimum atomic E-state index is -0.111. The maximum absolute atomic E-state index is 4.44. The Hall–Kier alpha value is -1.70. The number of aromatic nitrogens is 4. The van der Waals surface area contributed by atoms with Crippen LogP contribution in [0.5, 0.6) is 0 Å². The van der Waals surface area contributed by atoms with Crippen LogP contribution in [0.15, 0.2) is 36.4 Å². The summed E-state index contributed by atoms with van der Waals surface area (Å²) in [5.41, 5.74) is 1.15. The topological polar surface area (TPSA) is 50.1 Å². The molecule has 0 spiro atoms. The van der Waals surface area contributed by atoms with E-state index in [1.807, 2.05) is 16.4 Å². The Bertz CT molecular complexity index is 759. The highest BCUT2D eigenvalue weighted by molar-refractivity contribution is 7.98. The van der Waals surface area contributed by atoms with Gasteiger partial charge in [-0.2, -0.15) is 11.8 Å². The van der Waals surface area contributed by atoms with Crippen molar-refractivity contribution in [2.75, 3.05) is 44.7 Å². The number of benzene rings is 1. The van der Waals surface area contributed by atoms with Gasteiger partial charge in [-0.1, -0.05) is 42.5 Å². The van der Waals surface area contributed by atoms with Crippen LogP contribution in [0.2, 0.25) is 0 Å². The summed E-state index contributed by atoms with van der Waals surface area (Å²) < 4.78 is 2.01. The minimum absolute atomic E-state index is 0.111. The highest BCUT2D eigenvalue weighted by Gasteiger charge is 2.31. The Morgan fingerprint density at radius 1 is 1.10 bits per heavy atom. The summed E-state index contributed by atoms with van der Waals surface area (Å²) in [7, 11) is 0. The molecule has 1 atom stereocenters. The third-order valence-electron chi connectivity index (χ3n) is 5.34. The fourth-order valence-corrected chi connectivity index (χ4v) is 4.20. The van der Waals surface area contributed by atoms with E-state index < -0.39 is 0 Å². The lowest BCUT2D eigenvalue weighted by Crippen LogP contribution is -2.48. The van der Waals surface area contributed by atoms with Gasteiger partial charge in [0, 0.05) is 32.7 Å². The molecule has 0 amide bonds. The number of rotatable bonds is 8. The molecule has 1 saturated heterocycles. The normalized spacial score (nSPS) is 17.8. The molecule has 0 aliphatic carbocycles. The Kier molecular flexibility index (Phi) is 7.86. The van der Waals surface area contributed by atoms with Crippen LogP contribution in [-0.2, 0) is 5.54 Å². The molecule has 2 heterocycles. The summed E-state index contributed by atoms with van der Waals surface area (Å²) >= 11 is 1.89. The summed E-state index contributed by atoms with van der Waals surface area (Å²) in [6.45, 7) is 11.7. The molecule has 0 radical (unpaired) electrons. The molecule has 1 unspecified atom stereocenters. The third-order valence-corrected chi connectivity index (χ3v) is 5.99. The van der Waals surface area contributed by atoms with E-state index in [2.05, 4.69) is 94.8 Å². The van der Waals surface area contributed by atoms with Crippen LogP contribution in [0, 0.1) is 0 Å². The smallest absolute Gasteiger partial charge is 0.169 e. The molecule has 3 rings (SSSR count). The predicted molar refractivity (Wildman–Crippen MR) is 122 cm³/mol. The van der Waals surface area contributed by atoms with Gasteiger partial charge in [-0.25, -0.2) is 4.68 Å². The first-order valence-electron chi connectivity index (χ1n) is 10.4. The van der Waals surface area contributed by atoms with Gasteiger partial charge in [-0.3, -0.25) is 9.80 Å². The number of piperazine rings is 1. The second kappa shape index (κ2) is 10.4. The second-order valence-corrected chi connectivity index (χ2v) is 9.55. The molecule has 1 aromatic carbocycles. The Morgan fingerprint density at radius 2 is 1.83 bits per heavy atom. The van der Waals surface area contributed by atoms with Crippen molar-refractivity contribution in [2.24, 2.45) is 0 Å². The van der Waals surface area contributed by atoms with Crippen LogP contribution in [0.3, 0.4) is 0 Å². The van der Waals surface area contributed by atoms with Gasteiger partial charge >= 0.3 is 0 Å². The minimum Gasteiger partial charge on any atom is -0.297 e. The van der Waals surface area contributed by atoms with E-state index in [4.69, 9.17) is 0 Å². The van der Waals surface area contributed by atoms with Gasteiger partial charge < -0.3 is 0 Å². The van der Waals surface area contributed by atoms with Crippen molar-refractivity contribution in [3.8, 4) is 0 Å². The molecule has 2 aromatic rings. The molecule has 1 aliphatic heterocycles. The Balaban J connectivity index is 1.60. The van der Waals surface area contributed by atoms with Gasteiger partial charge in [0.25, 0.3) is 0 Å². The van der Waals surface area contributed by atoms with Crippen LogP contribution >= 0.6 is 11.8 Å². The zero-order valence-electron chi connectivity index (χ0n) is 18.2. The fourth-order valence-electron chi connectivity index (χ4n) is 3.74. The van der Waals surface area contributed by atoms with Crippen molar-refractivity contribution in [1.82, 2.24) is 30.0 Å². The quantitative estimate of drug-likeness (QED) is 0.658. The van der Waals surface area contributed by atoms with Crippen molar-refractivity contribution >= 4 is 17.8 Å². The molecular weight excluding hydrogens is 380 g/mol. The van der Waals surface area contributed by atoms with Gasteiger partial charge in [0.2, 0.25) is 0 Å². The molecule has 1 aromatic heterocycles. The van der Waals surface area contributed by atoms with E-state index in [1.165, 1.54) is 5.56 Å². The molecule has 7 heteroatoms. The standard InChI is InChI=1S/C22H34N6S/c1-22(2,3)28-21(23-24-25-28)20(12-18-29-4)27-16-14-26(15-17-27)13-8-11-19-9-6-5-7-10-19/h5-11,20H,12-18H2,1-4H3/b11-8+. The number of nitrogens with zero attached hydrogens (tertiary/aromatic N) is 6. The molecule has 1 fully saturated rings. The number of thioether (sulfide) groups is 1. The van der Waals surface area contributed by atoms with E-state index >= 15 is 0 Å². The lowest BCUT2D eigenvalue weighted by molar-refractivity contribution is 0.0925. The van der Waals surface area contributed by atoms with E-state index in [1.54, 1.807) is 0 Å². The molecule has 0 N–H and O–H groups in total. The molecule has 0 saturated carbocycles. The van der Waals surface area contributed by atoms with Crippen LogP contribution < -0.4 is 0 Å². The largest absolute Gasteiger partial charge is 0.297 e. The summed E-state index contributed by atoms with van der Waals surface area (Å²) in [5, 5.41) is 12.7. The van der Waals surface area contributed by atoms with E-state index in [9.17, 15) is 0 Å². The summed E-state index contributed by atoms with van der Waals surface area (Å²) in [5.74, 6) is 2.12. The van der Waals surface area contributed by atoms with Crippen molar-refractivity contribution in [2.45, 2.75) is 38.8 Å². The number of hydrogen-bond donors (Lipinski definition) is 0. The second-order valence-electron chi connectivity index (χ2n) is 8.57. The first-order chi connectivity index (χ1) is 14.0. The maximum Gasteiger partial charge on any atom is 0.169 e. The van der Waals surface area contributed by atoms with Crippen LogP contribution in [0.4, 0.5) is 0 Å². The van der Waals surface area contributed by atoms with Gasteiger partial charge in [-0.15, -0.1) is 5.10 Å². The van der Waals surface area contributed by atoms with Gasteiger partial charge in [-0.05, 0) is 55.2 Å². The summed E-state index contributed by atoms with van der Waals surface area (Å²) in [6, 6.07) is 10.8. The first-order valence-corrected chi connectivity index (χ1v) is 11.8. The van der Waals surface area contributed by atoms with Crippen LogP contribution in [0.25, 0.3) is 6.08 Å². The fraction of sp³-hybridized carbons (Fsp3) is 0.591. The van der Waals surface area contributed by atoms with Gasteiger partial charge in [0.05, 0.1) is 11.6 Å². The maximum atomic E-state index is 4.44. The van der Waals surface area contributed by atoms with Crippen molar-refractivity contribution in [3.05, 3.63) is 47.8 Å². The average Bonchev–Trinajstić information content (AvgIpc) is 3.20. The zero-order valence-corrected chi connectivity index (χ0v) is 19.0. The number of hydrogen-bond acceptors (Lipinski definition) is 6. The SMILES string of the molecule is CSCCC(c1nnnn1C(C)(C)C)N1CCN(C/C=C/c2ccccc2)CC1. The first kappa shape index (κ1) is 22.0. The molecule has 29 heavy (non-hydrogen) atoms. The monoisotopic (exact) mass is 414 g/mol. The van der Waals surface area contributed by atoms with Crippen molar-refractivity contribution < 1.29 is 0 Å². The van der Waals surface area contributed by atoms with E-state index in [-0.39, 0.29) is 11.6 Å². The highest BCUT2D eigenvalue weighted by Crippen LogP contribution is 2.28. The summed E-state index contributed by atoms with van der Waals surface area (Å²) in [4.78, 5) is 5.09. The van der Waals surface area contributed by atoms with Crippen molar-refractivity contribution in [1.29, 1.82) is 0 Å². The van der Waals surface area contributed by atoms with Gasteiger partial charge in [0.15, 0.2) is 5.82 Å². The lowest BCUT2D eigenvalue weighted by Gasteiger charge is -2.39. The van der Waals surface area contributed by atoms with Crippen LogP contribution in [0.1, 0.15) is 44.6 Å². The molecule has 6 nitrogen and oxygen atoms in total. The van der Waals surface area contributed by atoms with E-state index in [0.29, 0.717) is 0 Å². The zero-order chi connectivity index (χ0) is 20.7. The molecule has 0 bridgehead atoms. The third kappa shape index (κ3) is 6.14. The Labute approximate surface area is 179 Å². The summed E-state index contributed by atoms with van der Waals surface area (Å²) in [6.07, 6.45) is 7.73. The highest BCUT2D eigenvalue weighted by atomic mass is 32.2. The van der Waals surface area contributed by atoms with Crippen LogP contribution in [-0.4, -0.2) is 74.7 Å². The predicted octanol–water partition coefficient (Wildman–Crippen LogP) is 3.55. The van der Waals surface area contributed by atoms with Crippen molar-refractivity contribution in [3.63, 3.8) is 0 Å². The molecular formula is C22H34N6S. The average molecular weight is 415 g/mol. The lowest BCUT2D eigenvalue weighted by atomic mass is 10.1. The van der Waals surface area contributed by atoms with E-state index in [0.717, 1.165) is 50.7 Å². The van der Waals surface area contributed by atoms with Gasteiger partial charge in [0.1, 0.15) is 0 Å². The number of tetrazole rings is 1. The molecule has 1 aliphatic rings. The molecule has 158 valence electrons.